The highest BCUT2D eigenvalue weighted by molar-refractivity contribution is 5.94. The Balaban J connectivity index is 0.00000144. The van der Waals surface area contributed by atoms with Crippen molar-refractivity contribution >= 4 is 35.1 Å². The Kier molecular flexibility index (Phi) is 4.10. The second kappa shape index (κ2) is 5.89. The fourth-order valence-electron chi connectivity index (χ4n) is 3.08. The van der Waals surface area contributed by atoms with Crippen molar-refractivity contribution in [2.45, 2.75) is 44.1 Å². The maximum atomic E-state index is 12.2. The summed E-state index contributed by atoms with van der Waals surface area (Å²) in [5.41, 5.74) is 8.34. The predicted molar refractivity (Wildman–Crippen MR) is 87.2 cm³/mol. The number of carbonyl (C=O) groups excluding carboxylic acids is 1. The van der Waals surface area contributed by atoms with E-state index in [4.69, 9.17) is 10.2 Å². The molecule has 0 bridgehead atoms. The van der Waals surface area contributed by atoms with Crippen molar-refractivity contribution in [3.05, 3.63) is 24.1 Å². The number of fused-ring (bicyclic) bond motifs is 1. The number of benzene rings is 1. The Morgan fingerprint density at radius 3 is 2.77 bits per heavy atom. The van der Waals surface area contributed by atoms with Gasteiger partial charge in [0.25, 0.3) is 0 Å². The zero-order chi connectivity index (χ0) is 14.4. The van der Waals surface area contributed by atoms with Crippen LogP contribution in [0, 0.1) is 5.92 Å². The van der Waals surface area contributed by atoms with Gasteiger partial charge in [-0.1, -0.05) is 6.42 Å². The minimum Gasteiger partial charge on any atom is -0.440 e. The zero-order valence-corrected chi connectivity index (χ0v) is 13.1. The molecule has 0 saturated heterocycles. The monoisotopic (exact) mass is 321 g/mol. The van der Waals surface area contributed by atoms with Gasteiger partial charge >= 0.3 is 0 Å². The van der Waals surface area contributed by atoms with Crippen LogP contribution in [-0.4, -0.2) is 16.9 Å². The lowest BCUT2D eigenvalue weighted by Crippen LogP contribution is -2.34. The number of oxazole rings is 1. The summed E-state index contributed by atoms with van der Waals surface area (Å²) < 4.78 is 5.72. The van der Waals surface area contributed by atoms with Gasteiger partial charge < -0.3 is 15.5 Å². The molecule has 22 heavy (non-hydrogen) atoms. The quantitative estimate of drug-likeness (QED) is 0.909. The smallest absolute Gasteiger partial charge is 0.229 e. The van der Waals surface area contributed by atoms with Crippen LogP contribution in [0.2, 0.25) is 0 Å². The number of carbonyl (C=O) groups is 1. The lowest BCUT2D eigenvalue weighted by molar-refractivity contribution is -0.120. The predicted octanol–water partition coefficient (Wildman–Crippen LogP) is 3.19. The molecule has 2 aromatic rings. The summed E-state index contributed by atoms with van der Waals surface area (Å²) in [6.45, 7) is 0. The number of amides is 1. The van der Waals surface area contributed by atoms with Gasteiger partial charge in [0.2, 0.25) is 5.91 Å². The lowest BCUT2D eigenvalue weighted by Gasteiger charge is -2.14. The van der Waals surface area contributed by atoms with Gasteiger partial charge in [0, 0.05) is 17.6 Å². The fraction of sp³-hybridized carbons (Fsp3) is 0.500. The van der Waals surface area contributed by atoms with Crippen LogP contribution >= 0.6 is 12.4 Å². The van der Waals surface area contributed by atoms with Gasteiger partial charge in [-0.2, -0.15) is 0 Å². The highest BCUT2D eigenvalue weighted by atomic mass is 35.5. The first-order valence-electron chi connectivity index (χ1n) is 7.67. The third-order valence-corrected chi connectivity index (χ3v) is 4.50. The number of hydrogen-bond donors (Lipinski definition) is 2. The summed E-state index contributed by atoms with van der Waals surface area (Å²) in [6, 6.07) is 5.60. The third kappa shape index (κ3) is 2.83. The molecule has 1 amide bonds. The molecule has 0 spiro atoms. The van der Waals surface area contributed by atoms with Crippen LogP contribution in [0.25, 0.3) is 11.1 Å². The Bertz CT molecular complexity index is 696. The van der Waals surface area contributed by atoms with Crippen molar-refractivity contribution < 1.29 is 9.21 Å². The van der Waals surface area contributed by atoms with Gasteiger partial charge in [-0.15, -0.1) is 12.4 Å². The van der Waals surface area contributed by atoms with E-state index >= 15 is 0 Å². The Hall–Kier alpha value is -1.59. The maximum Gasteiger partial charge on any atom is 0.229 e. The van der Waals surface area contributed by atoms with E-state index in [2.05, 4.69) is 10.3 Å². The first kappa shape index (κ1) is 15.3. The van der Waals surface area contributed by atoms with Crippen molar-refractivity contribution in [1.29, 1.82) is 0 Å². The van der Waals surface area contributed by atoms with Crippen LogP contribution in [0.4, 0.5) is 5.69 Å². The van der Waals surface area contributed by atoms with Crippen LogP contribution in [0.15, 0.2) is 22.6 Å². The topological polar surface area (TPSA) is 81.2 Å². The van der Waals surface area contributed by atoms with Crippen LogP contribution in [-0.2, 0) is 4.79 Å². The Morgan fingerprint density at radius 2 is 2.09 bits per heavy atom. The van der Waals surface area contributed by atoms with E-state index in [1.807, 2.05) is 18.2 Å². The molecule has 0 aliphatic heterocycles. The van der Waals surface area contributed by atoms with Crippen LogP contribution < -0.4 is 11.1 Å². The summed E-state index contributed by atoms with van der Waals surface area (Å²) in [7, 11) is 0. The molecule has 2 atom stereocenters. The van der Waals surface area contributed by atoms with Crippen molar-refractivity contribution in [2.24, 2.45) is 11.7 Å². The van der Waals surface area contributed by atoms with Crippen molar-refractivity contribution in [3.63, 3.8) is 0 Å². The highest BCUT2D eigenvalue weighted by Crippen LogP contribution is 2.40. The molecule has 1 aromatic carbocycles. The number of halogens is 1. The van der Waals surface area contributed by atoms with Gasteiger partial charge in [0.1, 0.15) is 5.52 Å². The first-order chi connectivity index (χ1) is 10.2. The van der Waals surface area contributed by atoms with Gasteiger partial charge in [-0.05, 0) is 43.9 Å². The molecule has 4 rings (SSSR count). The molecule has 2 saturated carbocycles. The number of nitrogens with two attached hydrogens (primary N) is 1. The number of nitrogens with zero attached hydrogens (tertiary/aromatic N) is 1. The lowest BCUT2D eigenvalue weighted by atomic mass is 10.0. The van der Waals surface area contributed by atoms with E-state index in [1.54, 1.807) is 0 Å². The van der Waals surface area contributed by atoms with E-state index in [9.17, 15) is 4.79 Å². The van der Waals surface area contributed by atoms with Crippen LogP contribution in [0.3, 0.4) is 0 Å². The molecule has 3 N–H and O–H groups in total. The van der Waals surface area contributed by atoms with Crippen molar-refractivity contribution in [3.8, 4) is 0 Å². The number of anilines is 1. The van der Waals surface area contributed by atoms with E-state index < -0.39 is 0 Å². The average molecular weight is 322 g/mol. The number of aromatic nitrogens is 1. The number of nitrogens with one attached hydrogen (secondary N) is 1. The van der Waals surface area contributed by atoms with Crippen molar-refractivity contribution in [2.75, 3.05) is 5.32 Å². The van der Waals surface area contributed by atoms with E-state index in [0.717, 1.165) is 54.8 Å². The van der Waals surface area contributed by atoms with E-state index in [-0.39, 0.29) is 30.3 Å². The summed E-state index contributed by atoms with van der Waals surface area (Å²) in [6.07, 6.45) is 5.18. The standard InChI is InChI=1S/C16H19N3O2.ClH/c17-12-3-1-2-11(12)15(20)18-10-6-7-14-13(8-10)19-16(21-14)9-4-5-9;/h6-9,11-12H,1-5,17H2,(H,18,20);1H. The summed E-state index contributed by atoms with van der Waals surface area (Å²) in [5, 5.41) is 2.96. The van der Waals surface area contributed by atoms with Gasteiger partial charge in [-0.3, -0.25) is 4.79 Å². The minimum absolute atomic E-state index is 0. The fourth-order valence-corrected chi connectivity index (χ4v) is 3.08. The first-order valence-corrected chi connectivity index (χ1v) is 7.67. The summed E-state index contributed by atoms with van der Waals surface area (Å²) in [4.78, 5) is 16.8. The Morgan fingerprint density at radius 1 is 1.27 bits per heavy atom. The Labute approximate surface area is 135 Å². The molecular weight excluding hydrogens is 302 g/mol. The molecule has 0 radical (unpaired) electrons. The second-order valence-corrected chi connectivity index (χ2v) is 6.20. The molecule has 2 aliphatic carbocycles. The summed E-state index contributed by atoms with van der Waals surface area (Å²) in [5.74, 6) is 1.27. The normalized spacial score (nSPS) is 24.2. The average Bonchev–Trinajstić information content (AvgIpc) is 3.09. The third-order valence-electron chi connectivity index (χ3n) is 4.50. The number of hydrogen-bond acceptors (Lipinski definition) is 4. The summed E-state index contributed by atoms with van der Waals surface area (Å²) >= 11 is 0. The second-order valence-electron chi connectivity index (χ2n) is 6.20. The molecule has 1 heterocycles. The largest absolute Gasteiger partial charge is 0.440 e. The molecule has 5 nitrogen and oxygen atoms in total. The minimum atomic E-state index is -0.0694. The molecule has 2 unspecified atom stereocenters. The highest BCUT2D eigenvalue weighted by Gasteiger charge is 2.31. The SMILES string of the molecule is Cl.NC1CCCC1C(=O)Nc1ccc2oc(C3CC3)nc2c1. The van der Waals surface area contributed by atoms with Gasteiger partial charge in [0.05, 0.1) is 5.92 Å². The van der Waals surface area contributed by atoms with E-state index in [0.29, 0.717) is 5.92 Å². The molecule has 1 aromatic heterocycles. The zero-order valence-electron chi connectivity index (χ0n) is 12.2. The van der Waals surface area contributed by atoms with Gasteiger partial charge in [-0.25, -0.2) is 4.98 Å². The van der Waals surface area contributed by atoms with E-state index in [1.165, 1.54) is 0 Å². The van der Waals surface area contributed by atoms with Gasteiger partial charge in [0.15, 0.2) is 11.5 Å². The molecule has 6 heteroatoms. The molecular formula is C16H20ClN3O2. The number of rotatable bonds is 3. The van der Waals surface area contributed by atoms with Crippen LogP contribution in [0.1, 0.15) is 43.9 Å². The molecule has 2 fully saturated rings. The molecule has 118 valence electrons. The van der Waals surface area contributed by atoms with Crippen molar-refractivity contribution in [1.82, 2.24) is 4.98 Å². The van der Waals surface area contributed by atoms with Crippen LogP contribution in [0.5, 0.6) is 0 Å². The maximum absolute atomic E-state index is 12.2. The molecule has 2 aliphatic rings.